The highest BCUT2D eigenvalue weighted by atomic mass is 16.5. The Hall–Kier alpha value is -1.59. The van der Waals surface area contributed by atoms with E-state index in [1.54, 1.807) is 7.11 Å². The number of ether oxygens (including phenoxy) is 1. The first-order valence-electron chi connectivity index (χ1n) is 8.02. The summed E-state index contributed by atoms with van der Waals surface area (Å²) >= 11 is 0. The fourth-order valence-corrected chi connectivity index (χ4v) is 2.78. The molecule has 1 aromatic carbocycles. The summed E-state index contributed by atoms with van der Waals surface area (Å²) < 4.78 is 5.52. The molecule has 22 heavy (non-hydrogen) atoms. The zero-order valence-corrected chi connectivity index (χ0v) is 13.7. The van der Waals surface area contributed by atoms with E-state index in [-0.39, 0.29) is 5.91 Å². The van der Waals surface area contributed by atoms with Crippen molar-refractivity contribution in [2.75, 3.05) is 33.3 Å². The highest BCUT2D eigenvalue weighted by Crippen LogP contribution is 2.22. The van der Waals surface area contributed by atoms with Crippen LogP contribution in [0.4, 0.5) is 0 Å². The minimum atomic E-state index is 0.00523. The first-order valence-corrected chi connectivity index (χ1v) is 8.02. The molecule has 0 spiro atoms. The van der Waals surface area contributed by atoms with Crippen LogP contribution in [-0.2, 0) is 17.9 Å². The van der Waals surface area contributed by atoms with Crippen molar-refractivity contribution in [2.45, 2.75) is 32.9 Å². The number of carbonyl (C=O) groups is 1. The van der Waals surface area contributed by atoms with E-state index in [9.17, 15) is 4.79 Å². The van der Waals surface area contributed by atoms with Gasteiger partial charge in [-0.1, -0.05) is 12.1 Å². The molecule has 0 aromatic heterocycles. The Morgan fingerprint density at radius 3 is 2.73 bits per heavy atom. The number of methoxy groups -OCH3 is 1. The Morgan fingerprint density at radius 1 is 1.27 bits per heavy atom. The van der Waals surface area contributed by atoms with Crippen LogP contribution in [0.25, 0.3) is 0 Å². The number of hydrogen-bond donors (Lipinski definition) is 2. The highest BCUT2D eigenvalue weighted by molar-refractivity contribution is 5.72. The standard InChI is InChI=1S/C17H27N3O2/c1-14(21)19-8-7-18-12-16-6-5-15(11-17(16)22-2)13-20-9-3-4-10-20/h5-6,11,18H,3-4,7-10,12-13H2,1-2H3,(H,19,21). The van der Waals surface area contributed by atoms with Crippen LogP contribution >= 0.6 is 0 Å². The minimum absolute atomic E-state index is 0.00523. The number of amides is 1. The first-order chi connectivity index (χ1) is 10.7. The molecule has 5 nitrogen and oxygen atoms in total. The van der Waals surface area contributed by atoms with Gasteiger partial charge in [0.05, 0.1) is 7.11 Å². The van der Waals surface area contributed by atoms with Gasteiger partial charge in [0, 0.05) is 38.7 Å². The third-order valence-corrected chi connectivity index (χ3v) is 3.95. The van der Waals surface area contributed by atoms with Crippen molar-refractivity contribution in [3.8, 4) is 5.75 Å². The van der Waals surface area contributed by atoms with Crippen molar-refractivity contribution in [3.63, 3.8) is 0 Å². The zero-order chi connectivity index (χ0) is 15.8. The quantitative estimate of drug-likeness (QED) is 0.715. The summed E-state index contributed by atoms with van der Waals surface area (Å²) in [5, 5.41) is 6.09. The van der Waals surface area contributed by atoms with Crippen LogP contribution in [0.5, 0.6) is 5.75 Å². The summed E-state index contributed by atoms with van der Waals surface area (Å²) in [6.45, 7) is 7.08. The molecule has 2 rings (SSSR count). The van der Waals surface area contributed by atoms with Crippen molar-refractivity contribution >= 4 is 5.91 Å². The molecule has 1 amide bonds. The number of rotatable bonds is 8. The zero-order valence-electron chi connectivity index (χ0n) is 13.7. The van der Waals surface area contributed by atoms with Crippen LogP contribution < -0.4 is 15.4 Å². The van der Waals surface area contributed by atoms with E-state index < -0.39 is 0 Å². The van der Waals surface area contributed by atoms with Crippen LogP contribution in [0, 0.1) is 0 Å². The minimum Gasteiger partial charge on any atom is -0.496 e. The van der Waals surface area contributed by atoms with Crippen molar-refractivity contribution < 1.29 is 9.53 Å². The molecule has 0 atom stereocenters. The number of hydrogen-bond acceptors (Lipinski definition) is 4. The lowest BCUT2D eigenvalue weighted by atomic mass is 10.1. The molecule has 0 unspecified atom stereocenters. The fourth-order valence-electron chi connectivity index (χ4n) is 2.78. The number of likely N-dealkylation sites (tertiary alicyclic amines) is 1. The molecule has 0 radical (unpaired) electrons. The summed E-state index contributed by atoms with van der Waals surface area (Å²) in [5.41, 5.74) is 2.45. The fraction of sp³-hybridized carbons (Fsp3) is 0.588. The van der Waals surface area contributed by atoms with Gasteiger partial charge in [0.15, 0.2) is 0 Å². The first kappa shape index (κ1) is 16.8. The molecule has 122 valence electrons. The van der Waals surface area contributed by atoms with Crippen LogP contribution in [0.3, 0.4) is 0 Å². The van der Waals surface area contributed by atoms with Gasteiger partial charge in [-0.3, -0.25) is 9.69 Å². The third kappa shape index (κ3) is 5.31. The van der Waals surface area contributed by atoms with Crippen molar-refractivity contribution in [3.05, 3.63) is 29.3 Å². The topological polar surface area (TPSA) is 53.6 Å². The molecule has 5 heteroatoms. The molecule has 0 saturated carbocycles. The van der Waals surface area contributed by atoms with Gasteiger partial charge in [-0.2, -0.15) is 0 Å². The van der Waals surface area contributed by atoms with E-state index in [2.05, 4.69) is 33.7 Å². The van der Waals surface area contributed by atoms with Gasteiger partial charge >= 0.3 is 0 Å². The number of benzene rings is 1. The second kappa shape index (κ2) is 8.76. The predicted octanol–water partition coefficient (Wildman–Crippen LogP) is 1.52. The Bertz CT molecular complexity index is 485. The van der Waals surface area contributed by atoms with Gasteiger partial charge < -0.3 is 15.4 Å². The second-order valence-corrected chi connectivity index (χ2v) is 5.79. The van der Waals surface area contributed by atoms with E-state index >= 15 is 0 Å². The van der Waals surface area contributed by atoms with Crippen molar-refractivity contribution in [1.82, 2.24) is 15.5 Å². The van der Waals surface area contributed by atoms with Crippen LogP contribution in [0.1, 0.15) is 30.9 Å². The smallest absolute Gasteiger partial charge is 0.216 e. The lowest BCUT2D eigenvalue weighted by Gasteiger charge is -2.16. The Morgan fingerprint density at radius 2 is 2.05 bits per heavy atom. The summed E-state index contributed by atoms with van der Waals surface area (Å²) in [7, 11) is 1.72. The summed E-state index contributed by atoms with van der Waals surface area (Å²) in [5.74, 6) is 0.939. The molecule has 1 heterocycles. The molecule has 1 saturated heterocycles. The average Bonchev–Trinajstić information content (AvgIpc) is 3.00. The Labute approximate surface area is 133 Å². The lowest BCUT2D eigenvalue weighted by molar-refractivity contribution is -0.118. The largest absolute Gasteiger partial charge is 0.496 e. The number of carbonyl (C=O) groups excluding carboxylic acids is 1. The lowest BCUT2D eigenvalue weighted by Crippen LogP contribution is -2.30. The average molecular weight is 305 g/mol. The van der Waals surface area contributed by atoms with E-state index in [4.69, 9.17) is 4.74 Å². The number of nitrogens with one attached hydrogen (secondary N) is 2. The summed E-state index contributed by atoms with van der Waals surface area (Å²) in [6, 6.07) is 6.46. The molecule has 1 aromatic rings. The monoisotopic (exact) mass is 305 g/mol. The van der Waals surface area contributed by atoms with Gasteiger partial charge in [0.25, 0.3) is 0 Å². The Balaban J connectivity index is 1.84. The molecule has 1 aliphatic rings. The molecular formula is C17H27N3O2. The molecule has 1 fully saturated rings. The molecule has 0 bridgehead atoms. The third-order valence-electron chi connectivity index (χ3n) is 3.95. The normalized spacial score (nSPS) is 15.0. The van der Waals surface area contributed by atoms with Gasteiger partial charge in [-0.15, -0.1) is 0 Å². The summed E-state index contributed by atoms with van der Waals surface area (Å²) in [4.78, 5) is 13.3. The van der Waals surface area contributed by atoms with E-state index in [1.807, 2.05) is 0 Å². The van der Waals surface area contributed by atoms with Crippen molar-refractivity contribution in [1.29, 1.82) is 0 Å². The van der Waals surface area contributed by atoms with Gasteiger partial charge in [-0.05, 0) is 37.6 Å². The van der Waals surface area contributed by atoms with E-state index in [1.165, 1.54) is 38.4 Å². The molecule has 2 N–H and O–H groups in total. The maximum atomic E-state index is 10.8. The second-order valence-electron chi connectivity index (χ2n) is 5.79. The molecule has 1 aliphatic heterocycles. The summed E-state index contributed by atoms with van der Waals surface area (Å²) in [6.07, 6.45) is 2.63. The number of nitrogens with zero attached hydrogens (tertiary/aromatic N) is 1. The molecule has 0 aliphatic carbocycles. The SMILES string of the molecule is COc1cc(CN2CCCC2)ccc1CNCCNC(C)=O. The van der Waals surface area contributed by atoms with Crippen LogP contribution in [-0.4, -0.2) is 44.1 Å². The van der Waals surface area contributed by atoms with Crippen LogP contribution in [0.15, 0.2) is 18.2 Å². The molecular weight excluding hydrogens is 278 g/mol. The van der Waals surface area contributed by atoms with Crippen molar-refractivity contribution in [2.24, 2.45) is 0 Å². The van der Waals surface area contributed by atoms with Gasteiger partial charge in [0.1, 0.15) is 5.75 Å². The van der Waals surface area contributed by atoms with E-state index in [0.717, 1.165) is 30.9 Å². The van der Waals surface area contributed by atoms with Gasteiger partial charge in [0.2, 0.25) is 5.91 Å². The maximum absolute atomic E-state index is 10.8. The Kier molecular flexibility index (Phi) is 6.68. The highest BCUT2D eigenvalue weighted by Gasteiger charge is 2.13. The predicted molar refractivity (Wildman–Crippen MR) is 87.9 cm³/mol. The van der Waals surface area contributed by atoms with Gasteiger partial charge in [-0.25, -0.2) is 0 Å². The maximum Gasteiger partial charge on any atom is 0.216 e. The van der Waals surface area contributed by atoms with Crippen LogP contribution in [0.2, 0.25) is 0 Å². The van der Waals surface area contributed by atoms with E-state index in [0.29, 0.717) is 6.54 Å².